The van der Waals surface area contributed by atoms with E-state index < -0.39 is 5.97 Å². The quantitative estimate of drug-likeness (QED) is 0.788. The highest BCUT2D eigenvalue weighted by atomic mass is 16.5. The molecule has 2 aromatic heterocycles. The number of carboxylic acid groups (broad SMARTS) is 1. The van der Waals surface area contributed by atoms with E-state index in [-0.39, 0.29) is 5.56 Å². The van der Waals surface area contributed by atoms with Gasteiger partial charge in [-0.2, -0.15) is 0 Å². The molecule has 1 aromatic carbocycles. The number of pyridine rings is 2. The minimum absolute atomic E-state index is 0.119. The van der Waals surface area contributed by atoms with Crippen LogP contribution in [0.15, 0.2) is 54.9 Å². The predicted octanol–water partition coefficient (Wildman–Crippen LogP) is 3.12. The van der Waals surface area contributed by atoms with E-state index in [2.05, 4.69) is 9.97 Å². The molecule has 0 spiro atoms. The van der Waals surface area contributed by atoms with E-state index in [0.717, 1.165) is 10.9 Å². The minimum atomic E-state index is -1.02. The zero-order valence-electron chi connectivity index (χ0n) is 10.4. The largest absolute Gasteiger partial charge is 0.478 e. The van der Waals surface area contributed by atoms with Crippen molar-refractivity contribution in [3.63, 3.8) is 0 Å². The van der Waals surface area contributed by atoms with Crippen molar-refractivity contribution in [3.05, 3.63) is 60.4 Å². The third kappa shape index (κ3) is 2.29. The van der Waals surface area contributed by atoms with Gasteiger partial charge in [-0.1, -0.05) is 18.2 Å². The van der Waals surface area contributed by atoms with Gasteiger partial charge in [0.1, 0.15) is 5.52 Å². The highest BCUT2D eigenvalue weighted by Gasteiger charge is 2.07. The Morgan fingerprint density at radius 1 is 1.05 bits per heavy atom. The molecular formula is C15H10N2O3. The Balaban J connectivity index is 1.95. The van der Waals surface area contributed by atoms with Gasteiger partial charge in [0, 0.05) is 23.8 Å². The van der Waals surface area contributed by atoms with Crippen molar-refractivity contribution in [2.24, 2.45) is 0 Å². The number of fused-ring (bicyclic) bond motifs is 1. The summed E-state index contributed by atoms with van der Waals surface area (Å²) in [7, 11) is 0. The van der Waals surface area contributed by atoms with Crippen LogP contribution in [0.3, 0.4) is 0 Å². The Labute approximate surface area is 114 Å². The predicted molar refractivity (Wildman–Crippen MR) is 73.0 cm³/mol. The second kappa shape index (κ2) is 4.97. The van der Waals surface area contributed by atoms with E-state index in [9.17, 15) is 4.79 Å². The summed E-state index contributed by atoms with van der Waals surface area (Å²) in [6, 6.07) is 12.4. The fourth-order valence-electron chi connectivity index (χ4n) is 1.84. The van der Waals surface area contributed by atoms with Crippen LogP contribution >= 0.6 is 0 Å². The maximum absolute atomic E-state index is 10.8. The van der Waals surface area contributed by atoms with Crippen LogP contribution in [0, 0.1) is 0 Å². The number of aromatic nitrogens is 2. The van der Waals surface area contributed by atoms with Gasteiger partial charge in [0.05, 0.1) is 5.56 Å². The lowest BCUT2D eigenvalue weighted by Crippen LogP contribution is -1.97. The lowest BCUT2D eigenvalue weighted by molar-refractivity contribution is 0.0696. The molecule has 0 unspecified atom stereocenters. The molecule has 0 radical (unpaired) electrons. The number of benzene rings is 1. The fraction of sp³-hybridized carbons (Fsp3) is 0. The normalized spacial score (nSPS) is 10.4. The van der Waals surface area contributed by atoms with Crippen LogP contribution < -0.4 is 4.74 Å². The van der Waals surface area contributed by atoms with Gasteiger partial charge in [-0.15, -0.1) is 0 Å². The first kappa shape index (κ1) is 12.1. The van der Waals surface area contributed by atoms with E-state index >= 15 is 0 Å². The molecule has 0 atom stereocenters. The SMILES string of the molecule is O=C(O)c1ccc(Oc2cccc3cccnc23)nc1. The molecule has 2 heterocycles. The van der Waals surface area contributed by atoms with Crippen LogP contribution in [0.5, 0.6) is 11.6 Å². The number of ether oxygens (including phenoxy) is 1. The molecule has 0 aliphatic heterocycles. The van der Waals surface area contributed by atoms with Crippen LogP contribution in [0.1, 0.15) is 10.4 Å². The highest BCUT2D eigenvalue weighted by molar-refractivity contribution is 5.87. The van der Waals surface area contributed by atoms with Crippen molar-refractivity contribution in [2.75, 3.05) is 0 Å². The molecule has 0 fully saturated rings. The first-order valence-electron chi connectivity index (χ1n) is 5.95. The standard InChI is InChI=1S/C15H10N2O3/c18-15(19)11-6-7-13(17-9-11)20-12-5-1-3-10-4-2-8-16-14(10)12/h1-9H,(H,18,19). The van der Waals surface area contributed by atoms with Gasteiger partial charge in [0.2, 0.25) is 5.88 Å². The highest BCUT2D eigenvalue weighted by Crippen LogP contribution is 2.27. The molecule has 0 aliphatic carbocycles. The Hall–Kier alpha value is -2.95. The molecule has 5 nitrogen and oxygen atoms in total. The van der Waals surface area contributed by atoms with Gasteiger partial charge >= 0.3 is 5.97 Å². The first-order chi connectivity index (χ1) is 9.74. The number of hydrogen-bond acceptors (Lipinski definition) is 4. The van der Waals surface area contributed by atoms with Gasteiger partial charge < -0.3 is 9.84 Å². The number of para-hydroxylation sites is 1. The monoisotopic (exact) mass is 266 g/mol. The van der Waals surface area contributed by atoms with E-state index in [0.29, 0.717) is 11.6 Å². The average molecular weight is 266 g/mol. The fourth-order valence-corrected chi connectivity index (χ4v) is 1.84. The molecule has 0 bridgehead atoms. The third-order valence-electron chi connectivity index (χ3n) is 2.79. The van der Waals surface area contributed by atoms with Crippen molar-refractivity contribution >= 4 is 16.9 Å². The van der Waals surface area contributed by atoms with Crippen molar-refractivity contribution in [1.29, 1.82) is 0 Å². The van der Waals surface area contributed by atoms with Gasteiger partial charge in [0.25, 0.3) is 0 Å². The molecule has 3 aromatic rings. The van der Waals surface area contributed by atoms with Crippen molar-refractivity contribution in [1.82, 2.24) is 9.97 Å². The molecule has 1 N–H and O–H groups in total. The number of hydrogen-bond donors (Lipinski definition) is 1. The summed E-state index contributed by atoms with van der Waals surface area (Å²) >= 11 is 0. The summed E-state index contributed by atoms with van der Waals surface area (Å²) in [6.07, 6.45) is 2.95. The summed E-state index contributed by atoms with van der Waals surface area (Å²) in [4.78, 5) is 19.0. The molecule has 0 saturated heterocycles. The zero-order valence-corrected chi connectivity index (χ0v) is 10.4. The second-order valence-electron chi connectivity index (χ2n) is 4.12. The summed E-state index contributed by atoms with van der Waals surface area (Å²) < 4.78 is 5.66. The second-order valence-corrected chi connectivity index (χ2v) is 4.12. The summed E-state index contributed by atoms with van der Waals surface area (Å²) in [5.41, 5.74) is 0.854. The molecule has 0 aliphatic rings. The van der Waals surface area contributed by atoms with E-state index in [1.807, 2.05) is 24.3 Å². The Morgan fingerprint density at radius 3 is 2.65 bits per heavy atom. The van der Waals surface area contributed by atoms with Crippen LogP contribution in [0.25, 0.3) is 10.9 Å². The maximum Gasteiger partial charge on any atom is 0.337 e. The van der Waals surface area contributed by atoms with Crippen molar-refractivity contribution in [3.8, 4) is 11.6 Å². The summed E-state index contributed by atoms with van der Waals surface area (Å²) in [5.74, 6) is -0.109. The molecule has 5 heteroatoms. The third-order valence-corrected chi connectivity index (χ3v) is 2.79. The summed E-state index contributed by atoms with van der Waals surface area (Å²) in [5, 5.41) is 9.78. The van der Waals surface area contributed by atoms with Gasteiger partial charge in [0.15, 0.2) is 5.75 Å². The van der Waals surface area contributed by atoms with Crippen LogP contribution in [-0.4, -0.2) is 21.0 Å². The zero-order chi connectivity index (χ0) is 13.9. The van der Waals surface area contributed by atoms with Gasteiger partial charge in [-0.3, -0.25) is 4.98 Å². The van der Waals surface area contributed by atoms with Gasteiger partial charge in [-0.25, -0.2) is 9.78 Å². The van der Waals surface area contributed by atoms with Crippen molar-refractivity contribution in [2.45, 2.75) is 0 Å². The maximum atomic E-state index is 10.8. The van der Waals surface area contributed by atoms with E-state index in [1.54, 1.807) is 12.3 Å². The molecule has 0 amide bonds. The Bertz CT molecular complexity index is 764. The molecule has 0 saturated carbocycles. The smallest absolute Gasteiger partial charge is 0.337 e. The number of aromatic carboxylic acids is 1. The number of nitrogens with zero attached hydrogens (tertiary/aromatic N) is 2. The van der Waals surface area contributed by atoms with Crippen molar-refractivity contribution < 1.29 is 14.6 Å². The molecule has 20 heavy (non-hydrogen) atoms. The Kier molecular flexibility index (Phi) is 3.01. The van der Waals surface area contributed by atoms with E-state index in [4.69, 9.17) is 9.84 Å². The lowest BCUT2D eigenvalue weighted by atomic mass is 10.2. The Morgan fingerprint density at radius 2 is 1.90 bits per heavy atom. The first-order valence-corrected chi connectivity index (χ1v) is 5.95. The topological polar surface area (TPSA) is 72.3 Å². The lowest BCUT2D eigenvalue weighted by Gasteiger charge is -2.07. The van der Waals surface area contributed by atoms with Gasteiger partial charge in [-0.05, 0) is 18.2 Å². The average Bonchev–Trinajstić information content (AvgIpc) is 2.48. The van der Waals surface area contributed by atoms with E-state index in [1.165, 1.54) is 18.3 Å². The number of carbonyl (C=O) groups is 1. The van der Waals surface area contributed by atoms with Crippen LogP contribution in [0.4, 0.5) is 0 Å². The number of carboxylic acids is 1. The van der Waals surface area contributed by atoms with Crippen LogP contribution in [0.2, 0.25) is 0 Å². The molecule has 98 valence electrons. The minimum Gasteiger partial charge on any atom is -0.478 e. The number of rotatable bonds is 3. The van der Waals surface area contributed by atoms with Crippen LogP contribution in [-0.2, 0) is 0 Å². The molecular weight excluding hydrogens is 256 g/mol. The summed E-state index contributed by atoms with van der Waals surface area (Å²) in [6.45, 7) is 0. The molecule has 3 rings (SSSR count).